The second-order valence-electron chi connectivity index (χ2n) is 3.14. The molecule has 0 unspecified atom stereocenters. The van der Waals surface area contributed by atoms with Crippen molar-refractivity contribution in [3.63, 3.8) is 0 Å². The van der Waals surface area contributed by atoms with Gasteiger partial charge in [0.1, 0.15) is 0 Å². The number of aromatic nitrogens is 2. The van der Waals surface area contributed by atoms with Gasteiger partial charge in [0.25, 0.3) is 0 Å². The van der Waals surface area contributed by atoms with Crippen molar-refractivity contribution in [1.29, 1.82) is 0 Å². The molecule has 4 N–H and O–H groups in total. The zero-order valence-corrected chi connectivity index (χ0v) is 7.49. The maximum absolute atomic E-state index is 11.2. The van der Waals surface area contributed by atoms with Gasteiger partial charge in [0.15, 0.2) is 0 Å². The molecule has 0 aromatic carbocycles. The van der Waals surface area contributed by atoms with Gasteiger partial charge in [-0.3, -0.25) is 4.79 Å². The quantitative estimate of drug-likeness (QED) is 0.591. The number of carbonyl (C=O) groups is 1. The van der Waals surface area contributed by atoms with Gasteiger partial charge in [-0.1, -0.05) is 10.2 Å². The van der Waals surface area contributed by atoms with Crippen LogP contribution < -0.4 is 16.4 Å². The first-order valence-corrected chi connectivity index (χ1v) is 4.36. The number of nitrogens with two attached hydrogens (primary N) is 1. The van der Waals surface area contributed by atoms with Gasteiger partial charge >= 0.3 is 12.0 Å². The van der Waals surface area contributed by atoms with E-state index in [9.17, 15) is 4.79 Å². The Labute approximate surface area is 80.1 Å². The summed E-state index contributed by atoms with van der Waals surface area (Å²) in [6.07, 6.45) is 2.14. The zero-order chi connectivity index (χ0) is 9.97. The van der Waals surface area contributed by atoms with E-state index in [0.29, 0.717) is 6.04 Å². The van der Waals surface area contributed by atoms with Gasteiger partial charge < -0.3 is 20.8 Å². The lowest BCUT2D eigenvalue weighted by atomic mass is 10.5. The summed E-state index contributed by atoms with van der Waals surface area (Å²) in [6, 6.07) is 0.501. The molecule has 0 aliphatic heterocycles. The summed E-state index contributed by atoms with van der Waals surface area (Å²) < 4.78 is 4.82. The largest absolute Gasteiger partial charge is 0.390 e. The molecule has 1 aliphatic rings. The van der Waals surface area contributed by atoms with Crippen LogP contribution in [0.2, 0.25) is 0 Å². The van der Waals surface area contributed by atoms with E-state index >= 15 is 0 Å². The zero-order valence-electron chi connectivity index (χ0n) is 7.49. The third kappa shape index (κ3) is 2.35. The highest BCUT2D eigenvalue weighted by Gasteiger charge is 2.23. The van der Waals surface area contributed by atoms with Gasteiger partial charge in [-0.25, -0.2) is 0 Å². The van der Waals surface area contributed by atoms with Gasteiger partial charge in [0, 0.05) is 6.04 Å². The summed E-state index contributed by atoms with van der Waals surface area (Å²) in [5.74, 6) is -0.0794. The summed E-state index contributed by atoms with van der Waals surface area (Å²) in [7, 11) is 0. The third-order valence-corrected chi connectivity index (χ3v) is 1.78. The summed E-state index contributed by atoms with van der Waals surface area (Å²) >= 11 is 0. The van der Waals surface area contributed by atoms with Crippen molar-refractivity contribution >= 4 is 17.9 Å². The lowest BCUT2D eigenvalue weighted by Gasteiger charge is -2.02. The molecular weight excluding hydrogens is 186 g/mol. The molecule has 0 atom stereocenters. The van der Waals surface area contributed by atoms with E-state index in [1.54, 1.807) is 0 Å². The summed E-state index contributed by atoms with van der Waals surface area (Å²) in [4.78, 5) is 11.2. The second kappa shape index (κ2) is 3.52. The first-order valence-electron chi connectivity index (χ1n) is 4.36. The number of nitrogen functional groups attached to an aromatic ring is 1. The Morgan fingerprint density at radius 2 is 2.36 bits per heavy atom. The standard InChI is InChI=1S/C7H11N5O2/c8-6-11-12-7(14-6)9-3-5(13)10-4-1-2-4/h4H,1-3H2,(H2,8,11)(H,9,12)(H,10,13). The molecule has 14 heavy (non-hydrogen) atoms. The lowest BCUT2D eigenvalue weighted by molar-refractivity contribution is -0.119. The Morgan fingerprint density at radius 1 is 1.57 bits per heavy atom. The number of carbonyl (C=O) groups excluding carboxylic acids is 1. The number of nitrogens with one attached hydrogen (secondary N) is 2. The van der Waals surface area contributed by atoms with Crippen LogP contribution in [0.5, 0.6) is 0 Å². The highest BCUT2D eigenvalue weighted by atomic mass is 16.4. The smallest absolute Gasteiger partial charge is 0.317 e. The number of amides is 1. The summed E-state index contributed by atoms with van der Waals surface area (Å²) in [5, 5.41) is 12.5. The third-order valence-electron chi connectivity index (χ3n) is 1.78. The number of nitrogens with zero attached hydrogens (tertiary/aromatic N) is 2. The van der Waals surface area contributed by atoms with Gasteiger partial charge in [-0.2, -0.15) is 0 Å². The Bertz CT molecular complexity index is 333. The van der Waals surface area contributed by atoms with Crippen LogP contribution in [0.25, 0.3) is 0 Å². The number of rotatable bonds is 4. The molecule has 0 spiro atoms. The van der Waals surface area contributed by atoms with Crippen molar-refractivity contribution in [2.24, 2.45) is 0 Å². The van der Waals surface area contributed by atoms with Crippen molar-refractivity contribution in [3.8, 4) is 0 Å². The Balaban J connectivity index is 1.73. The van der Waals surface area contributed by atoms with E-state index in [1.165, 1.54) is 0 Å². The fourth-order valence-corrected chi connectivity index (χ4v) is 0.968. The van der Waals surface area contributed by atoms with Crippen LogP contribution in [-0.2, 0) is 4.79 Å². The molecule has 0 saturated heterocycles. The van der Waals surface area contributed by atoms with E-state index in [2.05, 4.69) is 20.8 Å². The van der Waals surface area contributed by atoms with E-state index in [-0.39, 0.29) is 24.5 Å². The molecule has 1 aromatic heterocycles. The molecule has 0 bridgehead atoms. The lowest BCUT2D eigenvalue weighted by Crippen LogP contribution is -2.31. The molecule has 2 rings (SSSR count). The molecule has 76 valence electrons. The van der Waals surface area contributed by atoms with Crippen LogP contribution in [0.15, 0.2) is 4.42 Å². The molecule has 7 heteroatoms. The van der Waals surface area contributed by atoms with Crippen LogP contribution in [0.1, 0.15) is 12.8 Å². The topological polar surface area (TPSA) is 106 Å². The molecule has 0 radical (unpaired) electrons. The number of hydrogen-bond donors (Lipinski definition) is 3. The van der Waals surface area contributed by atoms with Gasteiger partial charge in [-0.15, -0.1) is 0 Å². The Hall–Kier alpha value is -1.79. The normalized spacial score (nSPS) is 15.1. The van der Waals surface area contributed by atoms with Crippen molar-refractivity contribution in [3.05, 3.63) is 0 Å². The number of hydrogen-bond acceptors (Lipinski definition) is 6. The van der Waals surface area contributed by atoms with E-state index in [0.717, 1.165) is 12.8 Å². The minimum absolute atomic E-state index is 0.0184. The highest BCUT2D eigenvalue weighted by molar-refractivity contribution is 5.80. The van der Waals surface area contributed by atoms with Crippen LogP contribution in [0.3, 0.4) is 0 Å². The monoisotopic (exact) mass is 197 g/mol. The highest BCUT2D eigenvalue weighted by Crippen LogP contribution is 2.18. The fraction of sp³-hybridized carbons (Fsp3) is 0.571. The van der Waals surface area contributed by atoms with Gasteiger partial charge in [0.05, 0.1) is 6.54 Å². The van der Waals surface area contributed by atoms with Crippen LogP contribution in [0, 0.1) is 0 Å². The van der Waals surface area contributed by atoms with Crippen molar-refractivity contribution in [2.75, 3.05) is 17.6 Å². The van der Waals surface area contributed by atoms with Gasteiger partial charge in [-0.05, 0) is 12.8 Å². The predicted octanol–water partition coefficient (Wildman–Crippen LogP) is -0.658. The molecule has 1 fully saturated rings. The average molecular weight is 197 g/mol. The molecule has 1 heterocycles. The average Bonchev–Trinajstić information content (AvgIpc) is 2.85. The first-order chi connectivity index (χ1) is 6.74. The summed E-state index contributed by atoms with van der Waals surface area (Å²) in [6.45, 7) is 0.123. The predicted molar refractivity (Wildman–Crippen MR) is 48.4 cm³/mol. The number of anilines is 2. The minimum atomic E-state index is -0.0794. The minimum Gasteiger partial charge on any atom is -0.390 e. The maximum Gasteiger partial charge on any atom is 0.317 e. The molecule has 7 nitrogen and oxygen atoms in total. The maximum atomic E-state index is 11.2. The SMILES string of the molecule is Nc1nnc(NCC(=O)NC2CC2)o1. The van der Waals surface area contributed by atoms with Gasteiger partial charge in [0.2, 0.25) is 5.91 Å². The van der Waals surface area contributed by atoms with E-state index < -0.39 is 0 Å². The second-order valence-corrected chi connectivity index (χ2v) is 3.14. The van der Waals surface area contributed by atoms with E-state index in [1.807, 2.05) is 0 Å². The Kier molecular flexibility index (Phi) is 2.21. The Morgan fingerprint density at radius 3 is 2.93 bits per heavy atom. The van der Waals surface area contributed by atoms with Crippen LogP contribution in [-0.4, -0.2) is 28.7 Å². The van der Waals surface area contributed by atoms with Crippen molar-refractivity contribution in [2.45, 2.75) is 18.9 Å². The first kappa shape index (κ1) is 8.79. The fourth-order valence-electron chi connectivity index (χ4n) is 0.968. The molecule has 1 saturated carbocycles. The van der Waals surface area contributed by atoms with Crippen LogP contribution >= 0.6 is 0 Å². The molecule has 1 amide bonds. The molecule has 1 aliphatic carbocycles. The molecular formula is C7H11N5O2. The summed E-state index contributed by atoms with van der Waals surface area (Å²) in [5.41, 5.74) is 5.19. The van der Waals surface area contributed by atoms with E-state index in [4.69, 9.17) is 10.2 Å². The van der Waals surface area contributed by atoms with Crippen molar-refractivity contribution < 1.29 is 9.21 Å². The van der Waals surface area contributed by atoms with Crippen molar-refractivity contribution in [1.82, 2.24) is 15.5 Å². The van der Waals surface area contributed by atoms with Crippen LogP contribution in [0.4, 0.5) is 12.0 Å². The molecule has 1 aromatic rings.